The molecule has 1 heterocycles. The summed E-state index contributed by atoms with van der Waals surface area (Å²) >= 11 is 0. The lowest BCUT2D eigenvalue weighted by Gasteiger charge is -2.40. The van der Waals surface area contributed by atoms with Gasteiger partial charge in [-0.1, -0.05) is 30.3 Å². The molecule has 0 radical (unpaired) electrons. The Balaban J connectivity index is 1.88. The van der Waals surface area contributed by atoms with Gasteiger partial charge in [0.15, 0.2) is 0 Å². The highest BCUT2D eigenvalue weighted by atomic mass is 19.4. The highest BCUT2D eigenvalue weighted by Crippen LogP contribution is 2.35. The number of hydrogen-bond acceptors (Lipinski definition) is 6. The van der Waals surface area contributed by atoms with Gasteiger partial charge >= 0.3 is 6.18 Å². The van der Waals surface area contributed by atoms with Gasteiger partial charge in [-0.2, -0.15) is 13.2 Å². The number of alkyl halides is 3. The van der Waals surface area contributed by atoms with Gasteiger partial charge in [-0.3, -0.25) is 0 Å². The van der Waals surface area contributed by atoms with Crippen molar-refractivity contribution in [2.24, 2.45) is 0 Å². The maximum Gasteiger partial charge on any atom is 0.416 e. The van der Waals surface area contributed by atoms with Crippen LogP contribution < -0.4 is 0 Å². The van der Waals surface area contributed by atoms with Crippen LogP contribution in [0.5, 0.6) is 0 Å². The topological polar surface area (TPSA) is 110 Å². The van der Waals surface area contributed by atoms with Gasteiger partial charge in [0.2, 0.25) is 0 Å². The zero-order chi connectivity index (χ0) is 22.1. The fourth-order valence-electron chi connectivity index (χ4n) is 3.57. The second kappa shape index (κ2) is 9.01. The van der Waals surface area contributed by atoms with Crippen LogP contribution in [0.2, 0.25) is 0 Å². The molecule has 30 heavy (non-hydrogen) atoms. The third-order valence-electron chi connectivity index (χ3n) is 5.27. The number of aliphatic hydroxyl groups is 5. The Morgan fingerprint density at radius 1 is 0.833 bits per heavy atom. The first-order chi connectivity index (χ1) is 14.2. The van der Waals surface area contributed by atoms with E-state index in [2.05, 4.69) is 0 Å². The zero-order valence-corrected chi connectivity index (χ0v) is 15.8. The lowest BCUT2D eigenvalue weighted by Crippen LogP contribution is -2.55. The predicted octanol–water partition coefficient (Wildman–Crippen LogP) is 1.30. The molecule has 0 amide bonds. The molecule has 1 aliphatic rings. The van der Waals surface area contributed by atoms with Crippen molar-refractivity contribution in [3.8, 4) is 0 Å². The molecule has 1 fully saturated rings. The van der Waals surface area contributed by atoms with E-state index in [1.165, 1.54) is 12.1 Å². The van der Waals surface area contributed by atoms with Crippen molar-refractivity contribution in [3.63, 3.8) is 0 Å². The maximum atomic E-state index is 12.7. The Kier molecular flexibility index (Phi) is 6.81. The third kappa shape index (κ3) is 4.66. The Morgan fingerprint density at radius 3 is 2.03 bits per heavy atom. The van der Waals surface area contributed by atoms with Gasteiger partial charge in [-0.15, -0.1) is 0 Å². The third-order valence-corrected chi connectivity index (χ3v) is 5.27. The highest BCUT2D eigenvalue weighted by Gasteiger charge is 2.44. The molecule has 9 heteroatoms. The Labute approximate surface area is 170 Å². The summed E-state index contributed by atoms with van der Waals surface area (Å²) in [6, 6.07) is 9.64. The Morgan fingerprint density at radius 2 is 1.47 bits per heavy atom. The van der Waals surface area contributed by atoms with Crippen LogP contribution in [0.3, 0.4) is 0 Å². The van der Waals surface area contributed by atoms with Crippen LogP contribution in [0, 0.1) is 0 Å². The second-order valence-electron chi connectivity index (χ2n) is 7.31. The van der Waals surface area contributed by atoms with Crippen molar-refractivity contribution >= 4 is 0 Å². The molecule has 2 aromatic carbocycles. The van der Waals surface area contributed by atoms with E-state index in [4.69, 9.17) is 4.74 Å². The van der Waals surface area contributed by atoms with E-state index < -0.39 is 48.9 Å². The smallest absolute Gasteiger partial charge is 0.394 e. The van der Waals surface area contributed by atoms with Crippen LogP contribution in [-0.2, 0) is 23.9 Å². The van der Waals surface area contributed by atoms with Gasteiger partial charge in [0.05, 0.1) is 18.8 Å². The number of halogens is 3. The minimum absolute atomic E-state index is 0.286. The number of benzene rings is 2. The van der Waals surface area contributed by atoms with Gasteiger partial charge in [0.25, 0.3) is 0 Å². The van der Waals surface area contributed by atoms with E-state index >= 15 is 0 Å². The average molecular weight is 428 g/mol. The van der Waals surface area contributed by atoms with E-state index in [0.717, 1.165) is 12.1 Å². The normalized spacial score (nSPS) is 27.3. The lowest BCUT2D eigenvalue weighted by atomic mass is 9.88. The largest absolute Gasteiger partial charge is 0.416 e. The van der Waals surface area contributed by atoms with Crippen LogP contribution in [0.25, 0.3) is 0 Å². The summed E-state index contributed by atoms with van der Waals surface area (Å²) in [5, 5.41) is 49.4. The quantitative estimate of drug-likeness (QED) is 0.491. The SMILES string of the molecule is OCc1ccc(Cc2ccc(C(F)(F)F)cc2)cc1[C@@H]1O[C@H](CO)[C@@H](O)[C@H](O)[C@H]1O. The summed E-state index contributed by atoms with van der Waals surface area (Å²) in [6.07, 6.45) is -10.9. The molecule has 2 aromatic rings. The van der Waals surface area contributed by atoms with Gasteiger partial charge in [0.1, 0.15) is 30.5 Å². The van der Waals surface area contributed by atoms with E-state index in [9.17, 15) is 38.7 Å². The van der Waals surface area contributed by atoms with Gasteiger partial charge < -0.3 is 30.3 Å². The molecule has 0 saturated carbocycles. The van der Waals surface area contributed by atoms with Crippen molar-refractivity contribution in [2.75, 3.05) is 6.61 Å². The fourth-order valence-corrected chi connectivity index (χ4v) is 3.57. The van der Waals surface area contributed by atoms with E-state index in [0.29, 0.717) is 22.3 Å². The summed E-state index contributed by atoms with van der Waals surface area (Å²) < 4.78 is 43.8. The fraction of sp³-hybridized carbons (Fsp3) is 0.429. The molecule has 6 nitrogen and oxygen atoms in total. The van der Waals surface area contributed by atoms with E-state index in [-0.39, 0.29) is 13.0 Å². The number of ether oxygens (including phenoxy) is 1. The first-order valence-electron chi connectivity index (χ1n) is 9.35. The van der Waals surface area contributed by atoms with Crippen molar-refractivity contribution in [3.05, 3.63) is 70.3 Å². The summed E-state index contributed by atoms with van der Waals surface area (Å²) in [4.78, 5) is 0. The van der Waals surface area contributed by atoms with Crippen molar-refractivity contribution in [1.82, 2.24) is 0 Å². The van der Waals surface area contributed by atoms with Crippen LogP contribution >= 0.6 is 0 Å². The molecular weight excluding hydrogens is 405 g/mol. The van der Waals surface area contributed by atoms with Crippen LogP contribution in [0.15, 0.2) is 42.5 Å². The molecule has 0 spiro atoms. The minimum Gasteiger partial charge on any atom is -0.394 e. The predicted molar refractivity (Wildman–Crippen MR) is 99.3 cm³/mol. The maximum absolute atomic E-state index is 12.7. The monoisotopic (exact) mass is 428 g/mol. The Hall–Kier alpha value is -2.01. The molecule has 3 rings (SSSR count). The summed E-state index contributed by atoms with van der Waals surface area (Å²) in [5.74, 6) is 0. The Bertz CT molecular complexity index is 853. The highest BCUT2D eigenvalue weighted by molar-refractivity contribution is 5.38. The molecule has 0 unspecified atom stereocenters. The van der Waals surface area contributed by atoms with Crippen LogP contribution in [-0.4, -0.2) is 56.6 Å². The van der Waals surface area contributed by atoms with Crippen molar-refractivity contribution in [2.45, 2.75) is 49.7 Å². The van der Waals surface area contributed by atoms with Gasteiger partial charge in [-0.25, -0.2) is 0 Å². The second-order valence-corrected chi connectivity index (χ2v) is 7.31. The van der Waals surface area contributed by atoms with Gasteiger partial charge in [0, 0.05) is 0 Å². The zero-order valence-electron chi connectivity index (χ0n) is 15.8. The summed E-state index contributed by atoms with van der Waals surface area (Å²) in [7, 11) is 0. The lowest BCUT2D eigenvalue weighted by molar-refractivity contribution is -0.232. The molecule has 1 saturated heterocycles. The molecule has 164 valence electrons. The number of hydrogen-bond donors (Lipinski definition) is 5. The standard InChI is InChI=1S/C21H23F3O6/c22-21(23,24)14-5-2-11(3-6-14)7-12-1-4-13(9-25)15(8-12)20-19(29)18(28)17(27)16(10-26)30-20/h1-6,8,16-20,25-29H,7,9-10H2/t16-,17-,18+,19-,20+/m1/s1. The molecule has 1 aliphatic heterocycles. The summed E-state index contributed by atoms with van der Waals surface area (Å²) in [6.45, 7) is -0.966. The molecule has 0 aromatic heterocycles. The molecule has 0 bridgehead atoms. The first-order valence-corrected chi connectivity index (χ1v) is 9.35. The first kappa shape index (κ1) is 22.7. The van der Waals surface area contributed by atoms with E-state index in [1.54, 1.807) is 18.2 Å². The molecule has 5 atom stereocenters. The average Bonchev–Trinajstić information content (AvgIpc) is 2.72. The number of rotatable bonds is 5. The van der Waals surface area contributed by atoms with Crippen molar-refractivity contribution in [1.29, 1.82) is 0 Å². The minimum atomic E-state index is -4.42. The van der Waals surface area contributed by atoms with E-state index in [1.807, 2.05) is 0 Å². The summed E-state index contributed by atoms with van der Waals surface area (Å²) in [5.41, 5.74) is 1.33. The van der Waals surface area contributed by atoms with Gasteiger partial charge in [-0.05, 0) is 40.8 Å². The number of aliphatic hydroxyl groups excluding tert-OH is 5. The molecule has 0 aliphatic carbocycles. The van der Waals surface area contributed by atoms with Crippen molar-refractivity contribution < 1.29 is 43.4 Å². The molecular formula is C21H23F3O6. The molecule has 5 N–H and O–H groups in total. The van der Waals surface area contributed by atoms with Crippen LogP contribution in [0.1, 0.15) is 33.9 Å². The van der Waals surface area contributed by atoms with Crippen LogP contribution in [0.4, 0.5) is 13.2 Å².